The van der Waals surface area contributed by atoms with Gasteiger partial charge in [-0.25, -0.2) is 9.97 Å². The number of carbonyl (C=O) groups excluding carboxylic acids is 1. The molecule has 122 valence electrons. The van der Waals surface area contributed by atoms with E-state index in [2.05, 4.69) is 20.6 Å². The van der Waals surface area contributed by atoms with Crippen molar-refractivity contribution in [1.82, 2.24) is 15.3 Å². The molecule has 0 aliphatic carbocycles. The van der Waals surface area contributed by atoms with Crippen LogP contribution in [-0.2, 0) is 0 Å². The molecule has 6 nitrogen and oxygen atoms in total. The van der Waals surface area contributed by atoms with Gasteiger partial charge in [0, 0.05) is 12.7 Å². The van der Waals surface area contributed by atoms with Gasteiger partial charge in [0.15, 0.2) is 0 Å². The van der Waals surface area contributed by atoms with Crippen molar-refractivity contribution >= 4 is 17.5 Å². The lowest BCUT2D eigenvalue weighted by atomic mass is 10.3. The number of nitrogens with one attached hydrogen (secondary N) is 2. The summed E-state index contributed by atoms with van der Waals surface area (Å²) in [5.41, 5.74) is 1.09. The monoisotopic (exact) mass is 314 g/mol. The van der Waals surface area contributed by atoms with Crippen molar-refractivity contribution in [3.05, 3.63) is 42.2 Å². The van der Waals surface area contributed by atoms with Gasteiger partial charge in [-0.1, -0.05) is 19.1 Å². The van der Waals surface area contributed by atoms with Gasteiger partial charge in [0.05, 0.1) is 11.8 Å². The van der Waals surface area contributed by atoms with Crippen LogP contribution in [0.2, 0.25) is 0 Å². The molecule has 1 amide bonds. The van der Waals surface area contributed by atoms with Crippen LogP contribution >= 0.6 is 0 Å². The van der Waals surface area contributed by atoms with Crippen molar-refractivity contribution in [1.29, 1.82) is 0 Å². The molecule has 0 saturated carbocycles. The molecule has 2 aromatic rings. The summed E-state index contributed by atoms with van der Waals surface area (Å²) in [5.74, 6) is 0.866. The predicted octanol–water partition coefficient (Wildman–Crippen LogP) is 3.15. The standard InChI is InChI=1S/C17H22N4O2/c1-4-10-18-16(22)14-9-11-19-17(21-14)20-13-7-5-6-8-15(13)23-12(2)3/h5-9,11-12H,4,10H2,1-3H3,(H,18,22)(H,19,20,21). The van der Waals surface area contributed by atoms with Gasteiger partial charge >= 0.3 is 0 Å². The number of nitrogens with zero attached hydrogens (tertiary/aromatic N) is 2. The summed E-state index contributed by atoms with van der Waals surface area (Å²) in [6.45, 7) is 6.55. The molecule has 0 aliphatic rings. The van der Waals surface area contributed by atoms with Crippen LogP contribution in [0.4, 0.5) is 11.6 Å². The zero-order chi connectivity index (χ0) is 16.7. The van der Waals surface area contributed by atoms with Crippen LogP contribution < -0.4 is 15.4 Å². The van der Waals surface area contributed by atoms with E-state index in [1.54, 1.807) is 12.3 Å². The fourth-order valence-corrected chi connectivity index (χ4v) is 1.92. The zero-order valence-corrected chi connectivity index (χ0v) is 13.7. The number of hydrogen-bond donors (Lipinski definition) is 2. The average Bonchev–Trinajstić information content (AvgIpc) is 2.54. The lowest BCUT2D eigenvalue weighted by Gasteiger charge is -2.14. The third-order valence-corrected chi connectivity index (χ3v) is 2.92. The van der Waals surface area contributed by atoms with E-state index in [-0.39, 0.29) is 12.0 Å². The Labute approximate surface area is 136 Å². The average molecular weight is 314 g/mol. The molecular weight excluding hydrogens is 292 g/mol. The van der Waals surface area contributed by atoms with Crippen molar-refractivity contribution in [2.75, 3.05) is 11.9 Å². The summed E-state index contributed by atoms with van der Waals surface area (Å²) in [4.78, 5) is 20.4. The largest absolute Gasteiger partial charge is 0.489 e. The molecule has 1 aromatic heterocycles. The van der Waals surface area contributed by atoms with E-state index < -0.39 is 0 Å². The normalized spacial score (nSPS) is 10.4. The second kappa shape index (κ2) is 8.12. The van der Waals surface area contributed by atoms with E-state index in [1.165, 1.54) is 0 Å². The lowest BCUT2D eigenvalue weighted by molar-refractivity contribution is 0.0948. The predicted molar refractivity (Wildman–Crippen MR) is 90.1 cm³/mol. The highest BCUT2D eigenvalue weighted by molar-refractivity contribution is 5.92. The van der Waals surface area contributed by atoms with Crippen LogP contribution in [0.15, 0.2) is 36.5 Å². The SMILES string of the molecule is CCCNC(=O)c1ccnc(Nc2ccccc2OC(C)C)n1. The zero-order valence-electron chi connectivity index (χ0n) is 13.7. The Kier molecular flexibility index (Phi) is 5.91. The van der Waals surface area contributed by atoms with Crippen LogP contribution in [0.1, 0.15) is 37.7 Å². The first-order valence-electron chi connectivity index (χ1n) is 7.74. The molecule has 0 spiro atoms. The van der Waals surface area contributed by atoms with Gasteiger partial charge in [-0.15, -0.1) is 0 Å². The number of anilines is 2. The number of carbonyl (C=O) groups is 1. The first-order valence-corrected chi connectivity index (χ1v) is 7.74. The van der Waals surface area contributed by atoms with Gasteiger partial charge in [0.2, 0.25) is 5.95 Å². The smallest absolute Gasteiger partial charge is 0.270 e. The number of amides is 1. The van der Waals surface area contributed by atoms with Crippen LogP contribution in [0.25, 0.3) is 0 Å². The molecule has 0 atom stereocenters. The summed E-state index contributed by atoms with van der Waals surface area (Å²) >= 11 is 0. The highest BCUT2D eigenvalue weighted by Crippen LogP contribution is 2.26. The van der Waals surface area contributed by atoms with E-state index in [9.17, 15) is 4.79 Å². The van der Waals surface area contributed by atoms with Crippen molar-refractivity contribution in [2.45, 2.75) is 33.3 Å². The molecule has 2 N–H and O–H groups in total. The number of benzene rings is 1. The van der Waals surface area contributed by atoms with Gasteiger partial charge in [0.1, 0.15) is 11.4 Å². The Morgan fingerprint density at radius 2 is 2.04 bits per heavy atom. The minimum absolute atomic E-state index is 0.0602. The summed E-state index contributed by atoms with van der Waals surface area (Å²) in [6.07, 6.45) is 2.49. The van der Waals surface area contributed by atoms with Crippen LogP contribution in [0, 0.1) is 0 Å². The fraction of sp³-hybridized carbons (Fsp3) is 0.353. The van der Waals surface area contributed by atoms with Crippen LogP contribution in [0.3, 0.4) is 0 Å². The third-order valence-electron chi connectivity index (χ3n) is 2.92. The molecular formula is C17H22N4O2. The molecule has 23 heavy (non-hydrogen) atoms. The van der Waals surface area contributed by atoms with Gasteiger partial charge < -0.3 is 15.4 Å². The van der Waals surface area contributed by atoms with Crippen molar-refractivity contribution in [3.63, 3.8) is 0 Å². The van der Waals surface area contributed by atoms with Gasteiger partial charge in [-0.2, -0.15) is 0 Å². The molecule has 0 fully saturated rings. The highest BCUT2D eigenvalue weighted by atomic mass is 16.5. The second-order valence-corrected chi connectivity index (χ2v) is 5.31. The maximum Gasteiger partial charge on any atom is 0.270 e. The molecule has 1 heterocycles. The van der Waals surface area contributed by atoms with Gasteiger partial charge in [-0.05, 0) is 38.5 Å². The summed E-state index contributed by atoms with van der Waals surface area (Å²) in [6, 6.07) is 9.14. The summed E-state index contributed by atoms with van der Waals surface area (Å²) < 4.78 is 5.75. The summed E-state index contributed by atoms with van der Waals surface area (Å²) in [5, 5.41) is 5.90. The number of ether oxygens (including phenoxy) is 1. The van der Waals surface area contributed by atoms with Crippen molar-refractivity contribution < 1.29 is 9.53 Å². The van der Waals surface area contributed by atoms with Gasteiger partial charge in [0.25, 0.3) is 5.91 Å². The minimum Gasteiger partial charge on any atom is -0.489 e. The fourth-order valence-electron chi connectivity index (χ4n) is 1.92. The maximum absolute atomic E-state index is 12.0. The Hall–Kier alpha value is -2.63. The third kappa shape index (κ3) is 4.95. The number of aromatic nitrogens is 2. The molecule has 2 rings (SSSR count). The molecule has 0 radical (unpaired) electrons. The van der Waals surface area contributed by atoms with E-state index in [0.717, 1.165) is 12.1 Å². The number of rotatable bonds is 7. The van der Waals surface area contributed by atoms with Crippen LogP contribution in [0.5, 0.6) is 5.75 Å². The first-order chi connectivity index (χ1) is 11.1. The Morgan fingerprint density at radius 3 is 2.78 bits per heavy atom. The molecule has 1 aromatic carbocycles. The molecule has 0 aliphatic heterocycles. The second-order valence-electron chi connectivity index (χ2n) is 5.31. The van der Waals surface area contributed by atoms with E-state index in [1.807, 2.05) is 45.0 Å². The van der Waals surface area contributed by atoms with E-state index in [4.69, 9.17) is 4.74 Å². The number of hydrogen-bond acceptors (Lipinski definition) is 5. The van der Waals surface area contributed by atoms with Crippen molar-refractivity contribution in [2.24, 2.45) is 0 Å². The highest BCUT2D eigenvalue weighted by Gasteiger charge is 2.10. The Balaban J connectivity index is 2.16. The van der Waals surface area contributed by atoms with Crippen LogP contribution in [-0.4, -0.2) is 28.5 Å². The molecule has 0 unspecified atom stereocenters. The van der Waals surface area contributed by atoms with Crippen molar-refractivity contribution in [3.8, 4) is 5.75 Å². The van der Waals surface area contributed by atoms with E-state index in [0.29, 0.717) is 23.9 Å². The molecule has 0 bridgehead atoms. The first kappa shape index (κ1) is 16.7. The topological polar surface area (TPSA) is 76.1 Å². The lowest BCUT2D eigenvalue weighted by Crippen LogP contribution is -2.25. The number of para-hydroxylation sites is 2. The Morgan fingerprint density at radius 1 is 1.26 bits per heavy atom. The van der Waals surface area contributed by atoms with Gasteiger partial charge in [-0.3, -0.25) is 4.79 Å². The van der Waals surface area contributed by atoms with E-state index >= 15 is 0 Å². The summed E-state index contributed by atoms with van der Waals surface area (Å²) in [7, 11) is 0. The Bertz CT molecular complexity index is 659. The molecule has 6 heteroatoms. The minimum atomic E-state index is -0.205. The quantitative estimate of drug-likeness (QED) is 0.821. The molecule has 0 saturated heterocycles. The maximum atomic E-state index is 12.0.